The number of ether oxygens (including phenoxy) is 2. The van der Waals surface area contributed by atoms with Crippen molar-refractivity contribution in [1.82, 2.24) is 14.8 Å². The van der Waals surface area contributed by atoms with E-state index in [4.69, 9.17) is 14.6 Å². The number of aromatic amines is 1. The molecule has 1 aromatic heterocycles. The van der Waals surface area contributed by atoms with Gasteiger partial charge in [-0.3, -0.25) is 0 Å². The molecular weight excluding hydrogens is 418 g/mol. The Kier molecular flexibility index (Phi) is 6.79. The van der Waals surface area contributed by atoms with Crippen molar-refractivity contribution in [2.45, 2.75) is 25.7 Å². The molecule has 0 unspecified atom stereocenters. The van der Waals surface area contributed by atoms with E-state index in [1.165, 1.54) is 21.4 Å². The number of hydrogen-bond donors (Lipinski definition) is 2. The fourth-order valence-electron chi connectivity index (χ4n) is 4.76. The van der Waals surface area contributed by atoms with E-state index < -0.39 is 6.09 Å². The van der Waals surface area contributed by atoms with Gasteiger partial charge in [0.15, 0.2) is 11.5 Å². The van der Waals surface area contributed by atoms with E-state index >= 15 is 0 Å². The number of nitrogens with zero attached hydrogens (tertiary/aromatic N) is 2. The van der Waals surface area contributed by atoms with Gasteiger partial charge in [-0.2, -0.15) is 0 Å². The van der Waals surface area contributed by atoms with Crippen LogP contribution in [0.25, 0.3) is 22.2 Å². The average Bonchev–Trinajstić information content (AvgIpc) is 3.18. The highest BCUT2D eigenvalue weighted by molar-refractivity contribution is 5.91. The number of piperidine rings is 1. The molecule has 1 aliphatic heterocycles. The Morgan fingerprint density at radius 1 is 1.12 bits per heavy atom. The highest BCUT2D eigenvalue weighted by Gasteiger charge is 2.22. The van der Waals surface area contributed by atoms with Crippen LogP contribution in [0.5, 0.6) is 11.5 Å². The van der Waals surface area contributed by atoms with Crippen LogP contribution in [0.2, 0.25) is 0 Å². The highest BCUT2D eigenvalue weighted by Crippen LogP contribution is 2.37. The summed E-state index contributed by atoms with van der Waals surface area (Å²) in [5.74, 6) is 1.97. The molecular formula is C26H33N3O4. The number of fused-ring (bicyclic) bond motifs is 1. The highest BCUT2D eigenvalue weighted by atomic mass is 16.5. The van der Waals surface area contributed by atoms with Crippen LogP contribution in [0.4, 0.5) is 4.79 Å². The zero-order chi connectivity index (χ0) is 23.5. The number of likely N-dealkylation sites (tertiary alicyclic amines) is 1. The third kappa shape index (κ3) is 4.78. The molecule has 1 fully saturated rings. The molecule has 1 amide bonds. The van der Waals surface area contributed by atoms with Crippen molar-refractivity contribution in [3.05, 3.63) is 47.5 Å². The summed E-state index contributed by atoms with van der Waals surface area (Å²) < 4.78 is 10.9. The van der Waals surface area contributed by atoms with Gasteiger partial charge in [-0.05, 0) is 80.2 Å². The van der Waals surface area contributed by atoms with E-state index in [0.717, 1.165) is 60.7 Å². The summed E-state index contributed by atoms with van der Waals surface area (Å²) >= 11 is 0. The second-order valence-electron chi connectivity index (χ2n) is 8.82. The minimum absolute atomic E-state index is 0.529. The Morgan fingerprint density at radius 2 is 1.85 bits per heavy atom. The molecule has 7 heteroatoms. The number of benzene rings is 2. The lowest BCUT2D eigenvalue weighted by atomic mass is 9.88. The maximum Gasteiger partial charge on any atom is 0.407 e. The second-order valence-corrected chi connectivity index (χ2v) is 8.82. The summed E-state index contributed by atoms with van der Waals surface area (Å²) in [5, 5.41) is 10.3. The first-order valence-corrected chi connectivity index (χ1v) is 11.4. The van der Waals surface area contributed by atoms with Gasteiger partial charge in [-0.15, -0.1) is 0 Å². The van der Waals surface area contributed by atoms with Crippen molar-refractivity contribution in [3.63, 3.8) is 0 Å². The molecule has 0 spiro atoms. The van der Waals surface area contributed by atoms with Crippen LogP contribution in [0.15, 0.2) is 36.4 Å². The SMILES string of the molecule is COc1ccc(-c2[nH]c3ccc(C4CCN(CCN(C)C(=O)O)CC4)cc3c2C)cc1OC. The van der Waals surface area contributed by atoms with Gasteiger partial charge in [0.1, 0.15) is 0 Å². The van der Waals surface area contributed by atoms with Gasteiger partial charge < -0.3 is 29.4 Å². The van der Waals surface area contributed by atoms with Crippen molar-refractivity contribution in [3.8, 4) is 22.8 Å². The zero-order valence-electron chi connectivity index (χ0n) is 19.9. The number of H-pyrrole nitrogens is 1. The van der Waals surface area contributed by atoms with E-state index in [1.54, 1.807) is 21.3 Å². The van der Waals surface area contributed by atoms with Crippen molar-refractivity contribution >= 4 is 17.0 Å². The van der Waals surface area contributed by atoms with E-state index in [2.05, 4.69) is 41.1 Å². The average molecular weight is 452 g/mol. The van der Waals surface area contributed by atoms with Crippen molar-refractivity contribution in [2.24, 2.45) is 0 Å². The van der Waals surface area contributed by atoms with E-state index in [9.17, 15) is 4.79 Å². The van der Waals surface area contributed by atoms with Crippen LogP contribution < -0.4 is 9.47 Å². The standard InChI is InChI=1S/C26H33N3O4/c1-17-21-15-19(18-9-11-29(12-10-18)14-13-28(2)26(30)31)5-7-22(21)27-25(17)20-6-8-23(32-3)24(16-20)33-4/h5-8,15-16,18,27H,9-14H2,1-4H3,(H,30,31). The smallest absolute Gasteiger partial charge is 0.407 e. The lowest BCUT2D eigenvalue weighted by Gasteiger charge is -2.33. The molecule has 0 atom stereocenters. The summed E-state index contributed by atoms with van der Waals surface area (Å²) in [5.41, 5.74) is 5.91. The third-order valence-electron chi connectivity index (χ3n) is 6.89. The van der Waals surface area contributed by atoms with Crippen molar-refractivity contribution in [2.75, 3.05) is 47.4 Å². The molecule has 2 aromatic carbocycles. The molecule has 0 aliphatic carbocycles. The number of carboxylic acid groups (broad SMARTS) is 1. The van der Waals surface area contributed by atoms with Crippen LogP contribution in [0.3, 0.4) is 0 Å². The van der Waals surface area contributed by atoms with Gasteiger partial charge in [-0.1, -0.05) is 6.07 Å². The van der Waals surface area contributed by atoms with Crippen LogP contribution in [-0.4, -0.2) is 73.4 Å². The number of aryl methyl sites for hydroxylation is 1. The van der Waals surface area contributed by atoms with Crippen LogP contribution in [-0.2, 0) is 0 Å². The fraction of sp³-hybridized carbons (Fsp3) is 0.423. The quantitative estimate of drug-likeness (QED) is 0.531. The van der Waals surface area contributed by atoms with E-state index in [0.29, 0.717) is 12.5 Å². The number of aromatic nitrogens is 1. The Hall–Kier alpha value is -3.19. The molecule has 1 saturated heterocycles. The molecule has 2 heterocycles. The van der Waals surface area contributed by atoms with Gasteiger partial charge in [0.05, 0.1) is 14.2 Å². The predicted octanol–water partition coefficient (Wildman–Crippen LogP) is 4.95. The molecule has 0 saturated carbocycles. The molecule has 33 heavy (non-hydrogen) atoms. The second kappa shape index (κ2) is 9.75. The molecule has 4 rings (SSSR count). The summed E-state index contributed by atoms with van der Waals surface area (Å²) in [6.07, 6.45) is 1.32. The molecule has 176 valence electrons. The number of rotatable bonds is 7. The molecule has 0 radical (unpaired) electrons. The minimum atomic E-state index is -0.868. The predicted molar refractivity (Wildman–Crippen MR) is 131 cm³/mol. The molecule has 2 N–H and O–H groups in total. The fourth-order valence-corrected chi connectivity index (χ4v) is 4.76. The molecule has 3 aromatic rings. The number of carbonyl (C=O) groups is 1. The summed E-state index contributed by atoms with van der Waals surface area (Å²) in [4.78, 5) is 18.3. The number of likely N-dealkylation sites (N-methyl/N-ethyl adjacent to an activating group) is 1. The zero-order valence-corrected chi connectivity index (χ0v) is 19.9. The Labute approximate surface area is 194 Å². The third-order valence-corrected chi connectivity index (χ3v) is 6.89. The van der Waals surface area contributed by atoms with Crippen LogP contribution >= 0.6 is 0 Å². The molecule has 1 aliphatic rings. The molecule has 0 bridgehead atoms. The number of amides is 1. The summed E-state index contributed by atoms with van der Waals surface area (Å²) in [6, 6.07) is 12.8. The van der Waals surface area contributed by atoms with Crippen LogP contribution in [0, 0.1) is 6.92 Å². The Bertz CT molecular complexity index is 1130. The monoisotopic (exact) mass is 451 g/mol. The van der Waals surface area contributed by atoms with Crippen molar-refractivity contribution in [1.29, 1.82) is 0 Å². The lowest BCUT2D eigenvalue weighted by Crippen LogP contribution is -2.39. The van der Waals surface area contributed by atoms with Gasteiger partial charge in [0, 0.05) is 42.3 Å². The largest absolute Gasteiger partial charge is 0.493 e. The normalized spacial score (nSPS) is 15.0. The van der Waals surface area contributed by atoms with Gasteiger partial charge in [-0.25, -0.2) is 4.79 Å². The van der Waals surface area contributed by atoms with Crippen molar-refractivity contribution < 1.29 is 19.4 Å². The lowest BCUT2D eigenvalue weighted by molar-refractivity contribution is 0.142. The summed E-state index contributed by atoms with van der Waals surface area (Å²) in [7, 11) is 4.92. The Balaban J connectivity index is 1.49. The summed E-state index contributed by atoms with van der Waals surface area (Å²) in [6.45, 7) is 5.50. The topological polar surface area (TPSA) is 78.0 Å². The number of nitrogens with one attached hydrogen (secondary N) is 1. The Morgan fingerprint density at radius 3 is 2.52 bits per heavy atom. The number of methoxy groups -OCH3 is 2. The van der Waals surface area contributed by atoms with Crippen LogP contribution in [0.1, 0.15) is 29.9 Å². The minimum Gasteiger partial charge on any atom is -0.493 e. The maximum atomic E-state index is 11.0. The van der Waals surface area contributed by atoms with Gasteiger partial charge in [0.2, 0.25) is 0 Å². The van der Waals surface area contributed by atoms with E-state index in [-0.39, 0.29) is 0 Å². The maximum absolute atomic E-state index is 11.0. The first-order chi connectivity index (χ1) is 15.9. The first kappa shape index (κ1) is 23.0. The number of hydrogen-bond acceptors (Lipinski definition) is 4. The van der Waals surface area contributed by atoms with Gasteiger partial charge >= 0.3 is 6.09 Å². The van der Waals surface area contributed by atoms with Gasteiger partial charge in [0.25, 0.3) is 0 Å². The molecule has 7 nitrogen and oxygen atoms in total. The first-order valence-electron chi connectivity index (χ1n) is 11.4. The van der Waals surface area contributed by atoms with E-state index in [1.807, 2.05) is 12.1 Å².